The molecule has 202 valence electrons. The summed E-state index contributed by atoms with van der Waals surface area (Å²) in [6, 6.07) is 14.7. The van der Waals surface area contributed by atoms with Crippen LogP contribution in [0.4, 0.5) is 17.1 Å². The Hall–Kier alpha value is -2.75. The maximum absolute atomic E-state index is 13.8. The molecule has 0 aromatic heterocycles. The van der Waals surface area contributed by atoms with Crippen molar-refractivity contribution in [3.8, 4) is 0 Å². The molecule has 7 nitrogen and oxygen atoms in total. The normalized spacial score (nSPS) is 16.4. The summed E-state index contributed by atoms with van der Waals surface area (Å²) in [4.78, 5) is 43.1. The number of benzene rings is 3. The lowest BCUT2D eigenvalue weighted by Crippen LogP contribution is -2.36. The molecule has 3 aromatic rings. The Morgan fingerprint density at radius 3 is 2.33 bits per heavy atom. The first-order chi connectivity index (χ1) is 18.4. The number of carbonyl (C=O) groups is 3. The third-order valence-corrected chi connectivity index (χ3v) is 7.92. The third kappa shape index (κ3) is 6.53. The Kier molecular flexibility index (Phi) is 8.83. The van der Waals surface area contributed by atoms with Crippen molar-refractivity contribution < 1.29 is 14.4 Å². The van der Waals surface area contributed by atoms with Gasteiger partial charge < -0.3 is 5.32 Å². The predicted molar refractivity (Wildman–Crippen MR) is 160 cm³/mol. The van der Waals surface area contributed by atoms with Crippen molar-refractivity contribution in [3.05, 3.63) is 80.3 Å². The molecule has 1 unspecified atom stereocenters. The fraction of sp³-hybridized carbons (Fsp3) is 0.185. The first kappa shape index (κ1) is 29.2. The Balaban J connectivity index is 1.79. The zero-order valence-electron chi connectivity index (χ0n) is 20.9. The quantitative estimate of drug-likeness (QED) is 0.273. The number of thioether (sulfide) groups is 1. The van der Waals surface area contributed by atoms with Gasteiger partial charge in [-0.15, -0.1) is 11.8 Å². The lowest BCUT2D eigenvalue weighted by molar-refractivity contribution is -0.123. The van der Waals surface area contributed by atoms with Gasteiger partial charge in [0.2, 0.25) is 5.91 Å². The van der Waals surface area contributed by atoms with Crippen LogP contribution in [0.3, 0.4) is 0 Å². The predicted octanol–water partition coefficient (Wildman–Crippen LogP) is 7.84. The van der Waals surface area contributed by atoms with E-state index in [1.165, 1.54) is 35.0 Å². The second-order valence-corrected chi connectivity index (χ2v) is 12.3. The van der Waals surface area contributed by atoms with Crippen LogP contribution in [-0.4, -0.2) is 29.2 Å². The summed E-state index contributed by atoms with van der Waals surface area (Å²) in [6.45, 7) is 5.42. The highest BCUT2D eigenvalue weighted by molar-refractivity contribution is 8.01. The monoisotopic (exact) mass is 622 g/mol. The van der Waals surface area contributed by atoms with E-state index in [1.807, 2.05) is 20.8 Å². The molecule has 1 aliphatic rings. The summed E-state index contributed by atoms with van der Waals surface area (Å²) >= 11 is 26.5. The number of hydrogen-bond donors (Lipinski definition) is 2. The molecular formula is C27H22Cl4N4O3S. The number of anilines is 2. The smallest absolute Gasteiger partial charge is 0.267 e. The number of rotatable bonds is 6. The van der Waals surface area contributed by atoms with Gasteiger partial charge in [0.05, 0.1) is 26.4 Å². The van der Waals surface area contributed by atoms with E-state index in [2.05, 4.69) is 15.7 Å². The molecule has 1 saturated heterocycles. The van der Waals surface area contributed by atoms with Gasteiger partial charge in [0.15, 0.2) is 0 Å². The molecular weight excluding hydrogens is 602 g/mol. The van der Waals surface area contributed by atoms with E-state index in [0.29, 0.717) is 27.5 Å². The highest BCUT2D eigenvalue weighted by atomic mass is 35.5. The highest BCUT2D eigenvalue weighted by Crippen LogP contribution is 2.41. The third-order valence-electron chi connectivity index (χ3n) is 5.53. The minimum absolute atomic E-state index is 0.150. The molecule has 2 N–H and O–H groups in total. The molecule has 0 spiro atoms. The number of hydrazine groups is 1. The standard InChI is InChI=1S/C27H22Cl4N4O3S/c1-27(2,3)26(38)33-19-6-4-5-7-21(19)39-23-24(32-20-10-14(13-36)8-9-16(20)29)34-35(25(23)37)22-17(30)11-15(28)12-18(22)31/h4-13,23H,1-3H3,(H,32,34)(H,33,38). The lowest BCUT2D eigenvalue weighted by Gasteiger charge is -2.20. The van der Waals surface area contributed by atoms with Crippen molar-refractivity contribution in [1.29, 1.82) is 0 Å². The topological polar surface area (TPSA) is 90.9 Å². The summed E-state index contributed by atoms with van der Waals surface area (Å²) in [6.07, 6.45) is 0.674. The number of carbonyl (C=O) groups excluding carboxylic acids is 3. The molecule has 0 aliphatic carbocycles. The van der Waals surface area contributed by atoms with Gasteiger partial charge in [0.25, 0.3) is 5.91 Å². The van der Waals surface area contributed by atoms with E-state index in [-0.39, 0.29) is 38.2 Å². The number of aldehydes is 1. The van der Waals surface area contributed by atoms with Gasteiger partial charge in [-0.3, -0.25) is 19.8 Å². The maximum atomic E-state index is 13.8. The largest absolute Gasteiger partial charge is 0.325 e. The average Bonchev–Trinajstić information content (AvgIpc) is 3.15. The fourth-order valence-corrected chi connectivity index (χ4v) is 5.72. The summed E-state index contributed by atoms with van der Waals surface area (Å²) in [7, 11) is 0. The van der Waals surface area contributed by atoms with Crippen molar-refractivity contribution in [1.82, 2.24) is 5.43 Å². The minimum Gasteiger partial charge on any atom is -0.325 e. The molecule has 1 atom stereocenters. The highest BCUT2D eigenvalue weighted by Gasteiger charge is 2.41. The van der Waals surface area contributed by atoms with Gasteiger partial charge in [0.1, 0.15) is 23.1 Å². The number of nitrogens with zero attached hydrogens (tertiary/aromatic N) is 2. The van der Waals surface area contributed by atoms with E-state index in [4.69, 9.17) is 46.4 Å². The zero-order valence-corrected chi connectivity index (χ0v) is 24.7. The molecule has 1 aliphatic heterocycles. The van der Waals surface area contributed by atoms with Crippen molar-refractivity contribution in [3.63, 3.8) is 0 Å². The molecule has 0 saturated carbocycles. The summed E-state index contributed by atoms with van der Waals surface area (Å²) in [5, 5.41) is 4.10. The minimum atomic E-state index is -0.920. The maximum Gasteiger partial charge on any atom is 0.267 e. The van der Waals surface area contributed by atoms with Gasteiger partial charge in [-0.1, -0.05) is 85.4 Å². The molecule has 12 heteroatoms. The molecule has 0 bridgehead atoms. The SMILES string of the molecule is CC(C)(C)C(=O)Nc1ccccc1SC1C(=O)N(c2c(Cl)cc(Cl)cc2Cl)NC1=Nc1cc(C=O)ccc1Cl. The molecule has 39 heavy (non-hydrogen) atoms. The number of amides is 2. The molecule has 3 aromatic carbocycles. The molecule has 0 radical (unpaired) electrons. The van der Waals surface area contributed by atoms with Gasteiger partial charge in [-0.25, -0.2) is 10.0 Å². The van der Waals surface area contributed by atoms with Gasteiger partial charge in [-0.2, -0.15) is 0 Å². The number of amidine groups is 1. The second-order valence-electron chi connectivity index (χ2n) is 9.53. The second kappa shape index (κ2) is 11.8. The summed E-state index contributed by atoms with van der Waals surface area (Å²) < 4.78 is 0. The van der Waals surface area contributed by atoms with Crippen molar-refractivity contribution in [2.24, 2.45) is 10.4 Å². The van der Waals surface area contributed by atoms with Crippen LogP contribution in [0, 0.1) is 5.41 Å². The van der Waals surface area contributed by atoms with E-state index in [0.717, 1.165) is 0 Å². The van der Waals surface area contributed by atoms with Crippen LogP contribution in [0.1, 0.15) is 31.1 Å². The number of aliphatic imine (C=N–C) groups is 1. The van der Waals surface area contributed by atoms with Crippen LogP contribution in [0.2, 0.25) is 20.1 Å². The molecule has 1 fully saturated rings. The van der Waals surface area contributed by atoms with Crippen LogP contribution in [0.25, 0.3) is 0 Å². The first-order valence-corrected chi connectivity index (χ1v) is 13.9. The molecule has 1 heterocycles. The molecule has 4 rings (SSSR count). The number of halogens is 4. The molecule has 2 amide bonds. The van der Waals surface area contributed by atoms with Gasteiger partial charge in [-0.05, 0) is 36.4 Å². The summed E-state index contributed by atoms with van der Waals surface area (Å²) in [5.41, 5.74) is 3.75. The average molecular weight is 624 g/mol. The Morgan fingerprint density at radius 2 is 1.69 bits per heavy atom. The van der Waals surface area contributed by atoms with E-state index >= 15 is 0 Å². The van der Waals surface area contributed by atoms with Gasteiger partial charge >= 0.3 is 0 Å². The zero-order chi connectivity index (χ0) is 28.5. The van der Waals surface area contributed by atoms with Crippen molar-refractivity contribution in [2.75, 3.05) is 10.3 Å². The number of nitrogens with one attached hydrogen (secondary N) is 2. The Morgan fingerprint density at radius 1 is 1.03 bits per heavy atom. The lowest BCUT2D eigenvalue weighted by atomic mass is 9.95. The van der Waals surface area contributed by atoms with Crippen molar-refractivity contribution in [2.45, 2.75) is 30.9 Å². The van der Waals surface area contributed by atoms with Crippen LogP contribution < -0.4 is 15.8 Å². The van der Waals surface area contributed by atoms with E-state index in [1.54, 1.807) is 36.4 Å². The fourth-order valence-electron chi connectivity index (χ4n) is 3.49. The number of para-hydroxylation sites is 1. The van der Waals surface area contributed by atoms with Crippen LogP contribution in [0.15, 0.2) is 64.5 Å². The van der Waals surface area contributed by atoms with Crippen LogP contribution in [0.5, 0.6) is 0 Å². The van der Waals surface area contributed by atoms with Crippen molar-refractivity contribution >= 4 is 99.2 Å². The van der Waals surface area contributed by atoms with E-state index < -0.39 is 16.6 Å². The Labute approximate surface area is 249 Å². The number of hydrogen-bond acceptors (Lipinski definition) is 5. The van der Waals surface area contributed by atoms with Crippen LogP contribution in [-0.2, 0) is 9.59 Å². The van der Waals surface area contributed by atoms with Gasteiger partial charge in [0, 0.05) is 20.9 Å². The first-order valence-electron chi connectivity index (χ1n) is 11.5. The van der Waals surface area contributed by atoms with E-state index in [9.17, 15) is 14.4 Å². The summed E-state index contributed by atoms with van der Waals surface area (Å²) in [5.74, 6) is -0.391. The van der Waals surface area contributed by atoms with Crippen LogP contribution >= 0.6 is 58.2 Å². The Bertz CT molecular complexity index is 1480.